The number of nitrogens with zero attached hydrogens (tertiary/aromatic N) is 1. The molecule has 3 aliphatic carbocycles. The summed E-state index contributed by atoms with van der Waals surface area (Å²) in [5, 5.41) is 0. The number of hydrogen-bond donors (Lipinski definition) is 0. The quantitative estimate of drug-likeness (QED) is 0.162. The Kier molecular flexibility index (Phi) is 7.72. The van der Waals surface area contributed by atoms with Crippen LogP contribution in [0.2, 0.25) is 0 Å². The van der Waals surface area contributed by atoms with E-state index >= 15 is 0 Å². The van der Waals surface area contributed by atoms with Crippen molar-refractivity contribution < 1.29 is 0 Å². The smallest absolute Gasteiger partial charge is 0.0465 e. The standard InChI is InChI=1S/C52H45N/c1-52(2)50-19-11-10-18-47(50)48-31-30-42(34-51(48)52)53(41-28-24-38(25-29-41)49-33-35-20-21-39(49)32-35)40-26-22-37(23-27-40)44-15-7-9-17-46(44)45-16-8-6-14-43(45)36-12-4-3-5-13-36/h3-19,22-31,34-35,39,49H,20-21,32-33H2,1-2H3. The molecule has 3 aliphatic rings. The highest BCUT2D eigenvalue weighted by Crippen LogP contribution is 2.54. The van der Waals surface area contributed by atoms with Gasteiger partial charge < -0.3 is 4.90 Å². The Morgan fingerprint density at radius 3 is 1.58 bits per heavy atom. The Morgan fingerprint density at radius 2 is 0.962 bits per heavy atom. The van der Waals surface area contributed by atoms with E-state index in [1.807, 2.05) is 0 Å². The number of benzene rings is 7. The van der Waals surface area contributed by atoms with Gasteiger partial charge in [0.1, 0.15) is 0 Å². The first-order valence-corrected chi connectivity index (χ1v) is 19.5. The van der Waals surface area contributed by atoms with Crippen molar-refractivity contribution in [1.82, 2.24) is 0 Å². The van der Waals surface area contributed by atoms with Crippen LogP contribution in [-0.2, 0) is 5.41 Å². The van der Waals surface area contributed by atoms with Crippen molar-refractivity contribution in [2.75, 3.05) is 4.90 Å². The molecule has 258 valence electrons. The molecule has 3 unspecified atom stereocenters. The van der Waals surface area contributed by atoms with Crippen molar-refractivity contribution >= 4 is 17.1 Å². The highest BCUT2D eigenvalue weighted by Gasteiger charge is 2.40. The second-order valence-electron chi connectivity index (χ2n) is 16.1. The van der Waals surface area contributed by atoms with E-state index in [4.69, 9.17) is 0 Å². The lowest BCUT2D eigenvalue weighted by molar-refractivity contribution is 0.420. The molecule has 53 heavy (non-hydrogen) atoms. The lowest BCUT2D eigenvalue weighted by Crippen LogP contribution is -2.16. The van der Waals surface area contributed by atoms with E-state index in [2.05, 4.69) is 189 Å². The molecule has 0 spiro atoms. The van der Waals surface area contributed by atoms with E-state index in [0.29, 0.717) is 0 Å². The Labute approximate surface area is 314 Å². The maximum absolute atomic E-state index is 2.46. The van der Waals surface area contributed by atoms with Crippen LogP contribution in [0.3, 0.4) is 0 Å². The van der Waals surface area contributed by atoms with Crippen LogP contribution < -0.4 is 4.90 Å². The molecular formula is C52H45N. The van der Waals surface area contributed by atoms with Crippen LogP contribution in [0.1, 0.15) is 62.1 Å². The highest BCUT2D eigenvalue weighted by molar-refractivity contribution is 5.92. The summed E-state index contributed by atoms with van der Waals surface area (Å²) in [6, 6.07) is 63.2. The van der Waals surface area contributed by atoms with Gasteiger partial charge in [0.05, 0.1) is 0 Å². The summed E-state index contributed by atoms with van der Waals surface area (Å²) in [6.07, 6.45) is 5.64. The molecule has 0 amide bonds. The summed E-state index contributed by atoms with van der Waals surface area (Å²) in [5.74, 6) is 2.54. The van der Waals surface area contributed by atoms with Crippen LogP contribution in [0.25, 0.3) is 44.5 Å². The van der Waals surface area contributed by atoms with Crippen molar-refractivity contribution in [2.45, 2.75) is 50.9 Å². The number of rotatable bonds is 7. The molecule has 10 rings (SSSR count). The molecule has 2 bridgehead atoms. The van der Waals surface area contributed by atoms with Gasteiger partial charge in [-0.15, -0.1) is 0 Å². The third kappa shape index (κ3) is 5.45. The minimum atomic E-state index is -0.0666. The van der Waals surface area contributed by atoms with Gasteiger partial charge in [0, 0.05) is 22.5 Å². The lowest BCUT2D eigenvalue weighted by atomic mass is 9.82. The molecule has 7 aromatic carbocycles. The van der Waals surface area contributed by atoms with E-state index in [0.717, 1.165) is 23.4 Å². The monoisotopic (exact) mass is 683 g/mol. The first kappa shape index (κ1) is 32.0. The van der Waals surface area contributed by atoms with Crippen LogP contribution >= 0.6 is 0 Å². The summed E-state index contributed by atoms with van der Waals surface area (Å²) in [5.41, 5.74) is 18.0. The number of anilines is 3. The van der Waals surface area contributed by atoms with Gasteiger partial charge in [-0.2, -0.15) is 0 Å². The predicted molar refractivity (Wildman–Crippen MR) is 223 cm³/mol. The van der Waals surface area contributed by atoms with Crippen LogP contribution in [0.15, 0.2) is 170 Å². The lowest BCUT2D eigenvalue weighted by Gasteiger charge is -2.29. The van der Waals surface area contributed by atoms with E-state index in [-0.39, 0.29) is 5.41 Å². The van der Waals surface area contributed by atoms with E-state index in [9.17, 15) is 0 Å². The van der Waals surface area contributed by atoms with Crippen LogP contribution in [0.5, 0.6) is 0 Å². The second-order valence-corrected chi connectivity index (χ2v) is 16.1. The van der Waals surface area contributed by atoms with Gasteiger partial charge in [-0.1, -0.05) is 154 Å². The molecule has 0 N–H and O–H groups in total. The zero-order valence-corrected chi connectivity index (χ0v) is 30.7. The van der Waals surface area contributed by atoms with Gasteiger partial charge >= 0.3 is 0 Å². The number of fused-ring (bicyclic) bond motifs is 5. The fourth-order valence-electron chi connectivity index (χ4n) is 10.1. The SMILES string of the molecule is CC1(C)c2ccccc2-c2ccc(N(c3ccc(-c4ccccc4-c4ccccc4-c4ccccc4)cc3)c3ccc(C4CC5CCC4C5)cc3)cc21. The molecule has 1 heteroatoms. The van der Waals surface area contributed by atoms with Crippen LogP contribution in [0, 0.1) is 11.8 Å². The van der Waals surface area contributed by atoms with E-state index in [1.165, 1.54) is 98.3 Å². The zero-order valence-electron chi connectivity index (χ0n) is 30.7. The molecule has 3 atom stereocenters. The fraction of sp³-hybridized carbons (Fsp3) is 0.192. The first-order valence-electron chi connectivity index (χ1n) is 19.5. The highest BCUT2D eigenvalue weighted by atomic mass is 15.1. The first-order chi connectivity index (χ1) is 26.0. The molecule has 0 saturated heterocycles. The number of hydrogen-bond acceptors (Lipinski definition) is 1. The molecule has 1 nitrogen and oxygen atoms in total. The molecule has 2 saturated carbocycles. The van der Waals surface area contributed by atoms with Crippen molar-refractivity contribution in [3.63, 3.8) is 0 Å². The largest absolute Gasteiger partial charge is 0.310 e. The zero-order chi connectivity index (χ0) is 35.5. The third-order valence-electron chi connectivity index (χ3n) is 12.8. The summed E-state index contributed by atoms with van der Waals surface area (Å²) < 4.78 is 0. The van der Waals surface area contributed by atoms with Gasteiger partial charge in [-0.05, 0) is 135 Å². The van der Waals surface area contributed by atoms with Gasteiger partial charge in [-0.25, -0.2) is 0 Å². The normalized spacial score (nSPS) is 19.2. The molecule has 0 radical (unpaired) electrons. The Balaban J connectivity index is 1.05. The summed E-state index contributed by atoms with van der Waals surface area (Å²) >= 11 is 0. The van der Waals surface area contributed by atoms with Crippen molar-refractivity contribution in [2.24, 2.45) is 11.8 Å². The Hall–Kier alpha value is -5.66. The van der Waals surface area contributed by atoms with Gasteiger partial charge in [-0.3, -0.25) is 0 Å². The van der Waals surface area contributed by atoms with Crippen LogP contribution in [-0.4, -0.2) is 0 Å². The fourth-order valence-corrected chi connectivity index (χ4v) is 10.1. The van der Waals surface area contributed by atoms with Gasteiger partial charge in [0.2, 0.25) is 0 Å². The third-order valence-corrected chi connectivity index (χ3v) is 12.8. The van der Waals surface area contributed by atoms with Crippen molar-refractivity contribution in [1.29, 1.82) is 0 Å². The molecule has 0 aliphatic heterocycles. The van der Waals surface area contributed by atoms with Crippen molar-refractivity contribution in [3.05, 3.63) is 187 Å². The summed E-state index contributed by atoms with van der Waals surface area (Å²) in [4.78, 5) is 2.46. The molecule has 0 heterocycles. The van der Waals surface area contributed by atoms with E-state index < -0.39 is 0 Å². The van der Waals surface area contributed by atoms with Crippen molar-refractivity contribution in [3.8, 4) is 44.5 Å². The maximum Gasteiger partial charge on any atom is 0.0465 e. The van der Waals surface area contributed by atoms with Gasteiger partial charge in [0.25, 0.3) is 0 Å². The molecule has 7 aromatic rings. The van der Waals surface area contributed by atoms with E-state index in [1.54, 1.807) is 0 Å². The topological polar surface area (TPSA) is 3.24 Å². The Bertz CT molecular complexity index is 2440. The predicted octanol–water partition coefficient (Wildman–Crippen LogP) is 14.4. The second kappa shape index (κ2) is 12.8. The molecular weight excluding hydrogens is 639 g/mol. The summed E-state index contributed by atoms with van der Waals surface area (Å²) in [7, 11) is 0. The Morgan fingerprint density at radius 1 is 0.434 bits per heavy atom. The van der Waals surface area contributed by atoms with Crippen LogP contribution in [0.4, 0.5) is 17.1 Å². The molecule has 2 fully saturated rings. The minimum Gasteiger partial charge on any atom is -0.310 e. The maximum atomic E-state index is 2.46. The summed E-state index contributed by atoms with van der Waals surface area (Å²) in [6.45, 7) is 4.75. The average molecular weight is 684 g/mol. The minimum absolute atomic E-state index is 0.0666. The van der Waals surface area contributed by atoms with Gasteiger partial charge in [0.15, 0.2) is 0 Å². The average Bonchev–Trinajstić information content (AvgIpc) is 3.92. The molecule has 0 aromatic heterocycles.